The number of thioether (sulfide) groups is 1. The molecule has 1 heterocycles. The topological polar surface area (TPSA) is 69.0 Å². The number of aryl methyl sites for hydroxylation is 1. The first-order valence-corrected chi connectivity index (χ1v) is 11.0. The maximum absolute atomic E-state index is 12.7. The van der Waals surface area contributed by atoms with Gasteiger partial charge in [0.2, 0.25) is 5.91 Å². The van der Waals surface area contributed by atoms with E-state index in [9.17, 15) is 4.79 Å². The normalized spacial score (nSPS) is 11.9. The molecule has 0 bridgehead atoms. The molecule has 1 atom stereocenters. The highest BCUT2D eigenvalue weighted by Gasteiger charge is 2.21. The van der Waals surface area contributed by atoms with E-state index in [2.05, 4.69) is 27.0 Å². The number of carbonyl (C=O) groups excluding carboxylic acids is 1. The predicted octanol–water partition coefficient (Wildman–Crippen LogP) is 5.18. The smallest absolute Gasteiger partial charge is 0.237 e. The summed E-state index contributed by atoms with van der Waals surface area (Å²) in [6, 6.07) is 15.6. The number of amides is 1. The van der Waals surface area contributed by atoms with Crippen LogP contribution in [0.15, 0.2) is 53.7 Å². The fraction of sp³-hybridized carbons (Fsp3) is 0.348. The Balaban J connectivity index is 1.78. The zero-order valence-electron chi connectivity index (χ0n) is 17.9. The molecule has 6 nitrogen and oxygen atoms in total. The van der Waals surface area contributed by atoms with Crippen LogP contribution in [0.1, 0.15) is 32.3 Å². The van der Waals surface area contributed by atoms with Gasteiger partial charge in [-0.2, -0.15) is 0 Å². The number of carbonyl (C=O) groups is 1. The van der Waals surface area contributed by atoms with Gasteiger partial charge in [-0.25, -0.2) is 0 Å². The zero-order valence-corrected chi connectivity index (χ0v) is 18.7. The highest BCUT2D eigenvalue weighted by atomic mass is 32.2. The van der Waals surface area contributed by atoms with E-state index < -0.39 is 0 Å². The Morgan fingerprint density at radius 2 is 1.97 bits per heavy atom. The van der Waals surface area contributed by atoms with Crippen LogP contribution in [0.4, 0.5) is 5.69 Å². The van der Waals surface area contributed by atoms with Gasteiger partial charge in [-0.05, 0) is 62.2 Å². The lowest BCUT2D eigenvalue weighted by atomic mass is 10.2. The molecule has 0 saturated heterocycles. The van der Waals surface area contributed by atoms with E-state index in [1.165, 1.54) is 11.8 Å². The maximum atomic E-state index is 12.7. The number of ether oxygens (including phenoxy) is 1. The monoisotopic (exact) mass is 424 g/mol. The number of nitrogens with zero attached hydrogens (tertiary/aromatic N) is 3. The van der Waals surface area contributed by atoms with Gasteiger partial charge in [0.25, 0.3) is 0 Å². The van der Waals surface area contributed by atoms with Gasteiger partial charge in [-0.1, -0.05) is 37.2 Å². The molecule has 0 aliphatic carbocycles. The largest absolute Gasteiger partial charge is 0.497 e. The van der Waals surface area contributed by atoms with E-state index in [4.69, 9.17) is 4.74 Å². The molecule has 0 radical (unpaired) electrons. The Morgan fingerprint density at radius 1 is 1.20 bits per heavy atom. The molecule has 0 fully saturated rings. The van der Waals surface area contributed by atoms with E-state index in [1.54, 1.807) is 7.11 Å². The van der Waals surface area contributed by atoms with E-state index in [1.807, 2.05) is 62.4 Å². The average Bonchev–Trinajstić information content (AvgIpc) is 3.14. The Labute approximate surface area is 182 Å². The van der Waals surface area contributed by atoms with Gasteiger partial charge in [-0.15, -0.1) is 10.2 Å². The van der Waals surface area contributed by atoms with Crippen molar-refractivity contribution in [2.45, 2.75) is 50.6 Å². The van der Waals surface area contributed by atoms with Crippen molar-refractivity contribution < 1.29 is 9.53 Å². The first-order valence-electron chi connectivity index (χ1n) is 10.1. The molecular weight excluding hydrogens is 396 g/mol. The number of aromatic nitrogens is 3. The second-order valence-corrected chi connectivity index (χ2v) is 8.47. The summed E-state index contributed by atoms with van der Waals surface area (Å²) in [7, 11) is 1.65. The van der Waals surface area contributed by atoms with E-state index in [0.29, 0.717) is 0 Å². The summed E-state index contributed by atoms with van der Waals surface area (Å²) in [5.41, 5.74) is 2.89. The minimum atomic E-state index is -0.307. The van der Waals surface area contributed by atoms with Crippen LogP contribution in [-0.2, 0) is 11.3 Å². The lowest BCUT2D eigenvalue weighted by Crippen LogP contribution is -2.23. The van der Waals surface area contributed by atoms with Gasteiger partial charge < -0.3 is 14.6 Å². The van der Waals surface area contributed by atoms with Gasteiger partial charge in [-0.3, -0.25) is 4.79 Å². The standard InChI is InChI=1S/C23H28N4O2S/c1-5-6-14-27-21(18-10-12-20(29-4)13-11-18)25-26-23(27)30-17(3)22(28)24-19-9-7-8-16(2)15-19/h7-13,15,17H,5-6,14H2,1-4H3,(H,24,28). The fourth-order valence-electron chi connectivity index (χ4n) is 3.03. The third-order valence-electron chi connectivity index (χ3n) is 4.74. The summed E-state index contributed by atoms with van der Waals surface area (Å²) in [6.45, 7) is 6.86. The van der Waals surface area contributed by atoms with Crippen LogP contribution >= 0.6 is 11.8 Å². The van der Waals surface area contributed by atoms with E-state index in [-0.39, 0.29) is 11.2 Å². The molecule has 1 unspecified atom stereocenters. The molecule has 7 heteroatoms. The van der Waals surface area contributed by atoms with Crippen molar-refractivity contribution in [3.8, 4) is 17.1 Å². The number of methoxy groups -OCH3 is 1. The number of rotatable bonds is 9. The van der Waals surface area contributed by atoms with Crippen LogP contribution in [-0.4, -0.2) is 33.0 Å². The summed E-state index contributed by atoms with van der Waals surface area (Å²) in [6.07, 6.45) is 2.08. The van der Waals surface area contributed by atoms with Crippen molar-refractivity contribution in [3.05, 3.63) is 54.1 Å². The Bertz CT molecular complexity index is 985. The molecule has 30 heavy (non-hydrogen) atoms. The van der Waals surface area contributed by atoms with Crippen LogP contribution in [0.2, 0.25) is 0 Å². The molecule has 0 saturated carbocycles. The highest BCUT2D eigenvalue weighted by Crippen LogP contribution is 2.29. The Kier molecular flexibility index (Phi) is 7.52. The first kappa shape index (κ1) is 21.9. The van der Waals surface area contributed by atoms with Gasteiger partial charge in [0.05, 0.1) is 12.4 Å². The van der Waals surface area contributed by atoms with Gasteiger partial charge in [0.15, 0.2) is 11.0 Å². The Morgan fingerprint density at radius 3 is 2.63 bits per heavy atom. The van der Waals surface area contributed by atoms with Crippen molar-refractivity contribution in [1.82, 2.24) is 14.8 Å². The second-order valence-electron chi connectivity index (χ2n) is 7.16. The predicted molar refractivity (Wildman–Crippen MR) is 122 cm³/mol. The number of anilines is 1. The van der Waals surface area contributed by atoms with Crippen LogP contribution < -0.4 is 10.1 Å². The molecule has 1 N–H and O–H groups in total. The minimum Gasteiger partial charge on any atom is -0.497 e. The van der Waals surface area contributed by atoms with Crippen molar-refractivity contribution in [2.24, 2.45) is 0 Å². The number of unbranched alkanes of at least 4 members (excludes halogenated alkanes) is 1. The summed E-state index contributed by atoms with van der Waals surface area (Å²) in [4.78, 5) is 12.7. The number of nitrogens with one attached hydrogen (secondary N) is 1. The van der Waals surface area contributed by atoms with Gasteiger partial charge >= 0.3 is 0 Å². The highest BCUT2D eigenvalue weighted by molar-refractivity contribution is 8.00. The molecule has 1 aromatic heterocycles. The van der Waals surface area contributed by atoms with E-state index >= 15 is 0 Å². The lowest BCUT2D eigenvalue weighted by molar-refractivity contribution is -0.115. The second kappa shape index (κ2) is 10.3. The number of hydrogen-bond acceptors (Lipinski definition) is 5. The maximum Gasteiger partial charge on any atom is 0.237 e. The summed E-state index contributed by atoms with van der Waals surface area (Å²) < 4.78 is 7.35. The molecule has 0 spiro atoms. The molecule has 0 aliphatic heterocycles. The number of benzene rings is 2. The summed E-state index contributed by atoms with van der Waals surface area (Å²) in [5, 5.41) is 12.2. The van der Waals surface area contributed by atoms with Crippen LogP contribution in [0.3, 0.4) is 0 Å². The fourth-order valence-corrected chi connectivity index (χ4v) is 3.90. The van der Waals surface area contributed by atoms with Crippen LogP contribution in [0.5, 0.6) is 5.75 Å². The number of hydrogen-bond donors (Lipinski definition) is 1. The van der Waals surface area contributed by atoms with E-state index in [0.717, 1.165) is 52.9 Å². The minimum absolute atomic E-state index is 0.0540. The molecule has 0 aliphatic rings. The third kappa shape index (κ3) is 5.42. The molecule has 3 rings (SSSR count). The van der Waals surface area contributed by atoms with Crippen LogP contribution in [0, 0.1) is 6.92 Å². The molecule has 1 amide bonds. The zero-order chi connectivity index (χ0) is 21.5. The van der Waals surface area contributed by atoms with Gasteiger partial charge in [0.1, 0.15) is 5.75 Å². The average molecular weight is 425 g/mol. The summed E-state index contributed by atoms with van der Waals surface area (Å²) >= 11 is 1.43. The third-order valence-corrected chi connectivity index (χ3v) is 5.82. The molecule has 2 aromatic carbocycles. The first-order chi connectivity index (χ1) is 14.5. The Hall–Kier alpha value is -2.80. The molecular formula is C23H28N4O2S. The lowest BCUT2D eigenvalue weighted by Gasteiger charge is -2.14. The SMILES string of the molecule is CCCCn1c(SC(C)C(=O)Nc2cccc(C)c2)nnc1-c1ccc(OC)cc1. The van der Waals surface area contributed by atoms with Gasteiger partial charge in [0, 0.05) is 17.8 Å². The van der Waals surface area contributed by atoms with Crippen molar-refractivity contribution in [3.63, 3.8) is 0 Å². The quantitative estimate of drug-likeness (QED) is 0.479. The molecule has 3 aromatic rings. The van der Waals surface area contributed by atoms with Crippen molar-refractivity contribution in [2.75, 3.05) is 12.4 Å². The van der Waals surface area contributed by atoms with Crippen molar-refractivity contribution in [1.29, 1.82) is 0 Å². The summed E-state index contributed by atoms with van der Waals surface area (Å²) in [5.74, 6) is 1.55. The van der Waals surface area contributed by atoms with Crippen molar-refractivity contribution >= 4 is 23.4 Å². The molecule has 158 valence electrons. The van der Waals surface area contributed by atoms with Crippen LogP contribution in [0.25, 0.3) is 11.4 Å².